The minimum absolute atomic E-state index is 0.167. The first-order valence-corrected chi connectivity index (χ1v) is 9.86. The second kappa shape index (κ2) is 9.50. The van der Waals surface area contributed by atoms with Crippen molar-refractivity contribution in [3.63, 3.8) is 0 Å². The molecular formula is C23H27N3O2. The molecule has 0 unspecified atom stereocenters. The molecule has 0 spiro atoms. The summed E-state index contributed by atoms with van der Waals surface area (Å²) < 4.78 is 0. The molecule has 0 aliphatic carbocycles. The molecule has 1 amide bonds. The number of hydrogen-bond donors (Lipinski definition) is 2. The maximum absolute atomic E-state index is 12.8. The molecule has 28 heavy (non-hydrogen) atoms. The van der Waals surface area contributed by atoms with Crippen molar-refractivity contribution in [1.82, 2.24) is 10.2 Å². The standard InChI is InChI=1S/C23H27N3O2/c24-16-20-9-11-21(12-10-20)17-25-18-23(28)13-5-15-26(22(23)27)14-4-8-19-6-2-1-3-7-19/h1-3,6-7,9-12,25,28H,4-5,8,13-15,17-18H2/t23-/m1/s1. The number of aliphatic hydroxyl groups is 1. The van der Waals surface area contributed by atoms with Crippen molar-refractivity contribution >= 4 is 5.91 Å². The van der Waals surface area contributed by atoms with Gasteiger partial charge >= 0.3 is 0 Å². The predicted octanol–water partition coefficient (Wildman–Crippen LogP) is 2.63. The minimum atomic E-state index is -1.34. The van der Waals surface area contributed by atoms with Crippen LogP contribution in [0.3, 0.4) is 0 Å². The van der Waals surface area contributed by atoms with Gasteiger partial charge in [-0.3, -0.25) is 4.79 Å². The fourth-order valence-corrected chi connectivity index (χ4v) is 3.67. The highest BCUT2D eigenvalue weighted by Crippen LogP contribution is 2.23. The lowest BCUT2D eigenvalue weighted by Crippen LogP contribution is -2.58. The molecule has 3 rings (SSSR count). The molecule has 1 aliphatic heterocycles. The lowest BCUT2D eigenvalue weighted by Gasteiger charge is -2.38. The van der Waals surface area contributed by atoms with Crippen LogP contribution in [0.25, 0.3) is 0 Å². The number of hydrogen-bond acceptors (Lipinski definition) is 4. The zero-order valence-corrected chi connectivity index (χ0v) is 16.1. The molecule has 0 saturated carbocycles. The van der Waals surface area contributed by atoms with E-state index in [1.165, 1.54) is 5.56 Å². The number of carbonyl (C=O) groups is 1. The van der Waals surface area contributed by atoms with Crippen molar-refractivity contribution in [2.24, 2.45) is 0 Å². The van der Waals surface area contributed by atoms with Crippen LogP contribution in [0, 0.1) is 11.3 Å². The molecule has 2 aromatic rings. The van der Waals surface area contributed by atoms with Crippen molar-refractivity contribution in [1.29, 1.82) is 5.26 Å². The van der Waals surface area contributed by atoms with Gasteiger partial charge in [0.1, 0.15) is 0 Å². The number of rotatable bonds is 8. The first-order chi connectivity index (χ1) is 13.6. The SMILES string of the molecule is N#Cc1ccc(CNC[C@]2(O)CCCN(CCCc3ccccc3)C2=O)cc1. The zero-order chi connectivity index (χ0) is 19.8. The van der Waals surface area contributed by atoms with Gasteiger partial charge in [-0.25, -0.2) is 0 Å². The Balaban J connectivity index is 1.48. The number of benzene rings is 2. The van der Waals surface area contributed by atoms with Crippen molar-refractivity contribution in [2.75, 3.05) is 19.6 Å². The fraction of sp³-hybridized carbons (Fsp3) is 0.391. The number of piperidine rings is 1. The Hall–Kier alpha value is -2.68. The van der Waals surface area contributed by atoms with Gasteiger partial charge < -0.3 is 15.3 Å². The maximum atomic E-state index is 12.8. The largest absolute Gasteiger partial charge is 0.379 e. The van der Waals surface area contributed by atoms with Gasteiger partial charge in [0.15, 0.2) is 5.60 Å². The Labute approximate surface area is 166 Å². The molecule has 0 aromatic heterocycles. The summed E-state index contributed by atoms with van der Waals surface area (Å²) in [5.41, 5.74) is 1.57. The summed E-state index contributed by atoms with van der Waals surface area (Å²) in [6.07, 6.45) is 3.12. The van der Waals surface area contributed by atoms with E-state index in [0.29, 0.717) is 31.6 Å². The highest BCUT2D eigenvalue weighted by Gasteiger charge is 2.41. The van der Waals surface area contributed by atoms with Crippen LogP contribution in [0.4, 0.5) is 0 Å². The van der Waals surface area contributed by atoms with E-state index in [9.17, 15) is 9.90 Å². The van der Waals surface area contributed by atoms with Crippen molar-refractivity contribution in [3.8, 4) is 6.07 Å². The number of nitrogens with zero attached hydrogens (tertiary/aromatic N) is 2. The second-order valence-electron chi connectivity index (χ2n) is 7.43. The Kier molecular flexibility index (Phi) is 6.80. The van der Waals surface area contributed by atoms with E-state index in [1.54, 1.807) is 17.0 Å². The first-order valence-electron chi connectivity index (χ1n) is 9.86. The summed E-state index contributed by atoms with van der Waals surface area (Å²) >= 11 is 0. The average Bonchev–Trinajstić information content (AvgIpc) is 2.73. The number of amides is 1. The summed E-state index contributed by atoms with van der Waals surface area (Å²) in [4.78, 5) is 14.6. The predicted molar refractivity (Wildman–Crippen MR) is 108 cm³/mol. The second-order valence-corrected chi connectivity index (χ2v) is 7.43. The van der Waals surface area contributed by atoms with Crippen LogP contribution in [0.2, 0.25) is 0 Å². The van der Waals surface area contributed by atoms with Gasteiger partial charge in [0.05, 0.1) is 11.6 Å². The topological polar surface area (TPSA) is 76.4 Å². The van der Waals surface area contributed by atoms with Crippen LogP contribution in [0.15, 0.2) is 54.6 Å². The van der Waals surface area contributed by atoms with Crippen LogP contribution in [-0.4, -0.2) is 41.1 Å². The average molecular weight is 377 g/mol. The third-order valence-corrected chi connectivity index (χ3v) is 5.27. The lowest BCUT2D eigenvalue weighted by molar-refractivity contribution is -0.156. The molecule has 1 heterocycles. The maximum Gasteiger partial charge on any atom is 0.255 e. The third-order valence-electron chi connectivity index (χ3n) is 5.27. The van der Waals surface area contributed by atoms with Gasteiger partial charge in [-0.2, -0.15) is 5.26 Å². The molecular weight excluding hydrogens is 350 g/mol. The Bertz CT molecular complexity index is 814. The number of nitriles is 1. The minimum Gasteiger partial charge on any atom is -0.379 e. The van der Waals surface area contributed by atoms with Crippen molar-refractivity contribution in [3.05, 3.63) is 71.3 Å². The van der Waals surface area contributed by atoms with Gasteiger partial charge in [-0.05, 0) is 48.9 Å². The van der Waals surface area contributed by atoms with E-state index < -0.39 is 5.60 Å². The van der Waals surface area contributed by atoms with Gasteiger partial charge in [0, 0.05) is 26.2 Å². The van der Waals surface area contributed by atoms with E-state index in [-0.39, 0.29) is 12.5 Å². The van der Waals surface area contributed by atoms with E-state index >= 15 is 0 Å². The summed E-state index contributed by atoms with van der Waals surface area (Å²) in [5, 5.41) is 22.9. The normalized spacial score (nSPS) is 19.4. The van der Waals surface area contributed by atoms with Gasteiger partial charge in [0.2, 0.25) is 0 Å². The van der Waals surface area contributed by atoms with E-state index in [1.807, 2.05) is 30.3 Å². The number of carbonyl (C=O) groups excluding carboxylic acids is 1. The summed E-state index contributed by atoms with van der Waals surface area (Å²) in [5.74, 6) is -0.167. The first kappa shape index (κ1) is 20.1. The molecule has 1 fully saturated rings. The molecule has 146 valence electrons. The smallest absolute Gasteiger partial charge is 0.255 e. The molecule has 1 atom stereocenters. The molecule has 2 N–H and O–H groups in total. The monoisotopic (exact) mass is 377 g/mol. The molecule has 0 bridgehead atoms. The number of nitrogens with one attached hydrogen (secondary N) is 1. The highest BCUT2D eigenvalue weighted by atomic mass is 16.3. The quantitative estimate of drug-likeness (QED) is 0.741. The zero-order valence-electron chi connectivity index (χ0n) is 16.1. The number of aryl methyl sites for hydroxylation is 1. The lowest BCUT2D eigenvalue weighted by atomic mass is 9.91. The van der Waals surface area contributed by atoms with Gasteiger partial charge in [0.25, 0.3) is 5.91 Å². The summed E-state index contributed by atoms with van der Waals surface area (Å²) in [6.45, 7) is 2.17. The molecule has 5 nitrogen and oxygen atoms in total. The summed E-state index contributed by atoms with van der Waals surface area (Å²) in [6, 6.07) is 19.7. The molecule has 1 saturated heterocycles. The molecule has 5 heteroatoms. The van der Waals surface area contributed by atoms with Crippen LogP contribution < -0.4 is 5.32 Å². The van der Waals surface area contributed by atoms with Crippen molar-refractivity contribution in [2.45, 2.75) is 37.8 Å². The van der Waals surface area contributed by atoms with Crippen LogP contribution in [-0.2, 0) is 17.8 Å². The van der Waals surface area contributed by atoms with Crippen LogP contribution >= 0.6 is 0 Å². The van der Waals surface area contributed by atoms with E-state index in [0.717, 1.165) is 24.8 Å². The number of likely N-dealkylation sites (tertiary alicyclic amines) is 1. The van der Waals surface area contributed by atoms with E-state index in [2.05, 4.69) is 23.5 Å². The highest BCUT2D eigenvalue weighted by molar-refractivity contribution is 5.86. The summed E-state index contributed by atoms with van der Waals surface area (Å²) in [7, 11) is 0. The Morgan fingerprint density at radius 1 is 1.11 bits per heavy atom. The molecule has 0 radical (unpaired) electrons. The van der Waals surface area contributed by atoms with Gasteiger partial charge in [-0.1, -0.05) is 42.5 Å². The molecule has 1 aliphatic rings. The van der Waals surface area contributed by atoms with Gasteiger partial charge in [-0.15, -0.1) is 0 Å². The van der Waals surface area contributed by atoms with Crippen LogP contribution in [0.5, 0.6) is 0 Å². The van der Waals surface area contributed by atoms with Crippen molar-refractivity contribution < 1.29 is 9.90 Å². The van der Waals surface area contributed by atoms with E-state index in [4.69, 9.17) is 5.26 Å². The third kappa shape index (κ3) is 5.19. The van der Waals surface area contributed by atoms with Crippen LogP contribution in [0.1, 0.15) is 36.0 Å². The molecule has 2 aromatic carbocycles. The Morgan fingerprint density at radius 3 is 2.57 bits per heavy atom. The Morgan fingerprint density at radius 2 is 1.86 bits per heavy atom. The fourth-order valence-electron chi connectivity index (χ4n) is 3.67.